The molecule has 2 aromatic rings. The normalized spacial score (nSPS) is 14.1. The lowest BCUT2D eigenvalue weighted by Gasteiger charge is -2.17. The molecule has 0 unspecified atom stereocenters. The molecule has 1 N–H and O–H groups in total. The molecule has 0 bridgehead atoms. The third-order valence-electron chi connectivity index (χ3n) is 3.98. The number of aromatic nitrogens is 1. The zero-order valence-corrected chi connectivity index (χ0v) is 13.5. The summed E-state index contributed by atoms with van der Waals surface area (Å²) in [7, 11) is 1.61. The van der Waals surface area contributed by atoms with Gasteiger partial charge in [0.05, 0.1) is 19.3 Å². The standard InChI is InChI=1S/C17H21N3O3/c1-12-9-14(19-23-12)11-18-15-10-13(5-6-16(15)22-2)17(21)20-7-3-4-8-20/h5-6,9-10,18H,3-4,7-8,11H2,1-2H3. The molecular weight excluding hydrogens is 294 g/mol. The minimum absolute atomic E-state index is 0.0745. The molecule has 6 nitrogen and oxygen atoms in total. The van der Waals surface area contributed by atoms with E-state index in [1.807, 2.05) is 36.1 Å². The van der Waals surface area contributed by atoms with Crippen molar-refractivity contribution < 1.29 is 14.1 Å². The molecule has 0 saturated carbocycles. The van der Waals surface area contributed by atoms with Gasteiger partial charge in [-0.05, 0) is 38.0 Å². The fourth-order valence-electron chi connectivity index (χ4n) is 2.77. The summed E-state index contributed by atoms with van der Waals surface area (Å²) in [5.41, 5.74) is 2.26. The summed E-state index contributed by atoms with van der Waals surface area (Å²) in [6.45, 7) is 4.04. The van der Waals surface area contributed by atoms with Gasteiger partial charge in [-0.1, -0.05) is 5.16 Å². The van der Waals surface area contributed by atoms with Crippen molar-refractivity contribution in [1.29, 1.82) is 0 Å². The van der Waals surface area contributed by atoms with Crippen LogP contribution in [0.25, 0.3) is 0 Å². The number of anilines is 1. The van der Waals surface area contributed by atoms with Crippen molar-refractivity contribution in [3.05, 3.63) is 41.3 Å². The van der Waals surface area contributed by atoms with Crippen LogP contribution in [0.2, 0.25) is 0 Å². The summed E-state index contributed by atoms with van der Waals surface area (Å²) in [4.78, 5) is 14.4. The molecule has 0 radical (unpaired) electrons. The highest BCUT2D eigenvalue weighted by Gasteiger charge is 2.20. The predicted octanol–water partition coefficient (Wildman–Crippen LogP) is 2.84. The molecule has 1 aromatic carbocycles. The van der Waals surface area contributed by atoms with Crippen LogP contribution in [-0.2, 0) is 6.54 Å². The lowest BCUT2D eigenvalue weighted by molar-refractivity contribution is 0.0793. The maximum Gasteiger partial charge on any atom is 0.253 e. The Balaban J connectivity index is 1.76. The molecule has 0 atom stereocenters. The largest absolute Gasteiger partial charge is 0.495 e. The van der Waals surface area contributed by atoms with Gasteiger partial charge in [-0.15, -0.1) is 0 Å². The Morgan fingerprint density at radius 2 is 2.13 bits per heavy atom. The molecule has 1 aliphatic rings. The van der Waals surface area contributed by atoms with Crippen LogP contribution in [-0.4, -0.2) is 36.2 Å². The Hall–Kier alpha value is -2.50. The van der Waals surface area contributed by atoms with Crippen molar-refractivity contribution in [1.82, 2.24) is 10.1 Å². The molecule has 1 aliphatic heterocycles. The van der Waals surface area contributed by atoms with Gasteiger partial charge in [0.2, 0.25) is 0 Å². The number of rotatable bonds is 5. The van der Waals surface area contributed by atoms with Crippen molar-refractivity contribution in [3.63, 3.8) is 0 Å². The summed E-state index contributed by atoms with van der Waals surface area (Å²) in [6.07, 6.45) is 2.16. The molecule has 0 aliphatic carbocycles. The van der Waals surface area contributed by atoms with Gasteiger partial charge in [0.1, 0.15) is 17.2 Å². The molecule has 1 fully saturated rings. The average molecular weight is 315 g/mol. The Morgan fingerprint density at radius 1 is 1.35 bits per heavy atom. The van der Waals surface area contributed by atoms with Crippen LogP contribution in [0.1, 0.15) is 34.7 Å². The Labute approximate surface area is 135 Å². The van der Waals surface area contributed by atoms with E-state index in [9.17, 15) is 4.79 Å². The van der Waals surface area contributed by atoms with Crippen LogP contribution < -0.4 is 10.1 Å². The third kappa shape index (κ3) is 3.47. The van der Waals surface area contributed by atoms with Crippen LogP contribution in [0, 0.1) is 6.92 Å². The molecular formula is C17H21N3O3. The number of methoxy groups -OCH3 is 1. The number of nitrogens with zero attached hydrogens (tertiary/aromatic N) is 2. The summed E-state index contributed by atoms with van der Waals surface area (Å²) in [5, 5.41) is 7.21. The summed E-state index contributed by atoms with van der Waals surface area (Å²) < 4.78 is 10.4. The first-order valence-corrected chi connectivity index (χ1v) is 7.81. The summed E-state index contributed by atoms with van der Waals surface area (Å²) >= 11 is 0. The van der Waals surface area contributed by atoms with Gasteiger partial charge in [0, 0.05) is 24.7 Å². The Kier molecular flexibility index (Phi) is 4.50. The molecule has 1 aromatic heterocycles. The van der Waals surface area contributed by atoms with Crippen LogP contribution in [0.15, 0.2) is 28.8 Å². The van der Waals surface area contributed by atoms with Crippen LogP contribution in [0.4, 0.5) is 5.69 Å². The highest BCUT2D eigenvalue weighted by molar-refractivity contribution is 5.95. The van der Waals surface area contributed by atoms with Crippen LogP contribution in [0.3, 0.4) is 0 Å². The lowest BCUT2D eigenvalue weighted by atomic mass is 10.1. The number of ether oxygens (including phenoxy) is 1. The maximum atomic E-state index is 12.5. The summed E-state index contributed by atoms with van der Waals surface area (Å²) in [6, 6.07) is 7.34. The Bertz CT molecular complexity index is 690. The minimum Gasteiger partial charge on any atom is -0.495 e. The van der Waals surface area contributed by atoms with Gasteiger partial charge in [0.25, 0.3) is 5.91 Å². The van der Waals surface area contributed by atoms with E-state index < -0.39 is 0 Å². The maximum absolute atomic E-state index is 12.5. The quantitative estimate of drug-likeness (QED) is 0.919. The number of hydrogen-bond donors (Lipinski definition) is 1. The lowest BCUT2D eigenvalue weighted by Crippen LogP contribution is -2.27. The number of benzene rings is 1. The average Bonchev–Trinajstić information content (AvgIpc) is 3.23. The number of aryl methyl sites for hydroxylation is 1. The monoisotopic (exact) mass is 315 g/mol. The van der Waals surface area contributed by atoms with Crippen molar-refractivity contribution in [2.24, 2.45) is 0 Å². The number of carbonyl (C=O) groups is 1. The van der Waals surface area contributed by atoms with Crippen LogP contribution in [0.5, 0.6) is 5.75 Å². The first kappa shape index (κ1) is 15.4. The molecule has 122 valence electrons. The van der Waals surface area contributed by atoms with Gasteiger partial charge in [-0.25, -0.2) is 0 Å². The second-order valence-corrected chi connectivity index (χ2v) is 5.70. The van der Waals surface area contributed by atoms with E-state index in [1.54, 1.807) is 7.11 Å². The van der Waals surface area contributed by atoms with Gasteiger partial charge in [0.15, 0.2) is 0 Å². The zero-order chi connectivity index (χ0) is 16.2. The smallest absolute Gasteiger partial charge is 0.253 e. The van der Waals surface area contributed by atoms with E-state index in [4.69, 9.17) is 9.26 Å². The van der Waals surface area contributed by atoms with E-state index in [0.717, 1.165) is 43.1 Å². The van der Waals surface area contributed by atoms with Crippen LogP contribution >= 0.6 is 0 Å². The first-order valence-electron chi connectivity index (χ1n) is 7.81. The highest BCUT2D eigenvalue weighted by atomic mass is 16.5. The van der Waals surface area contributed by atoms with E-state index in [-0.39, 0.29) is 5.91 Å². The molecule has 2 heterocycles. The molecule has 1 amide bonds. The van der Waals surface area contributed by atoms with E-state index in [1.165, 1.54) is 0 Å². The minimum atomic E-state index is 0.0745. The summed E-state index contributed by atoms with van der Waals surface area (Å²) in [5.74, 6) is 1.54. The topological polar surface area (TPSA) is 67.6 Å². The number of carbonyl (C=O) groups excluding carboxylic acids is 1. The van der Waals surface area contributed by atoms with Gasteiger partial charge < -0.3 is 19.5 Å². The molecule has 0 spiro atoms. The Morgan fingerprint density at radius 3 is 2.78 bits per heavy atom. The number of nitrogens with one attached hydrogen (secondary N) is 1. The van der Waals surface area contributed by atoms with E-state index >= 15 is 0 Å². The first-order chi connectivity index (χ1) is 11.2. The SMILES string of the molecule is COc1ccc(C(=O)N2CCCC2)cc1NCc1cc(C)on1. The van der Waals surface area contributed by atoms with Crippen molar-refractivity contribution in [2.75, 3.05) is 25.5 Å². The highest BCUT2D eigenvalue weighted by Crippen LogP contribution is 2.27. The number of amides is 1. The van der Waals surface area contributed by atoms with Crippen molar-refractivity contribution >= 4 is 11.6 Å². The number of likely N-dealkylation sites (tertiary alicyclic amines) is 1. The number of hydrogen-bond acceptors (Lipinski definition) is 5. The second kappa shape index (κ2) is 6.73. The predicted molar refractivity (Wildman–Crippen MR) is 86.7 cm³/mol. The van der Waals surface area contributed by atoms with Gasteiger partial charge in [-0.2, -0.15) is 0 Å². The molecule has 3 rings (SSSR count). The van der Waals surface area contributed by atoms with Gasteiger partial charge in [-0.3, -0.25) is 4.79 Å². The third-order valence-corrected chi connectivity index (χ3v) is 3.98. The van der Waals surface area contributed by atoms with E-state index in [0.29, 0.717) is 17.9 Å². The fourth-order valence-corrected chi connectivity index (χ4v) is 2.77. The molecule has 6 heteroatoms. The molecule has 1 saturated heterocycles. The van der Waals surface area contributed by atoms with E-state index in [2.05, 4.69) is 10.5 Å². The zero-order valence-electron chi connectivity index (χ0n) is 13.5. The van der Waals surface area contributed by atoms with Gasteiger partial charge >= 0.3 is 0 Å². The van der Waals surface area contributed by atoms with Crippen molar-refractivity contribution in [3.8, 4) is 5.75 Å². The second-order valence-electron chi connectivity index (χ2n) is 5.70. The molecule has 23 heavy (non-hydrogen) atoms. The fraction of sp³-hybridized carbons (Fsp3) is 0.412. The van der Waals surface area contributed by atoms with Crippen molar-refractivity contribution in [2.45, 2.75) is 26.3 Å².